The lowest BCUT2D eigenvalue weighted by Crippen LogP contribution is -2.09. The first-order chi connectivity index (χ1) is 10.3. The van der Waals surface area contributed by atoms with E-state index >= 15 is 0 Å². The van der Waals surface area contributed by atoms with Crippen LogP contribution in [0.3, 0.4) is 0 Å². The Balaban J connectivity index is 1.86. The fraction of sp³-hybridized carbons (Fsp3) is 0.267. The normalized spacial score (nSPS) is 14.5. The van der Waals surface area contributed by atoms with Crippen LogP contribution in [0.5, 0.6) is 5.88 Å². The largest absolute Gasteiger partial charge is 0.479 e. The van der Waals surface area contributed by atoms with Crippen molar-refractivity contribution in [2.75, 3.05) is 7.11 Å². The average molecular weight is 298 g/mol. The molecule has 0 aliphatic heterocycles. The molecule has 0 saturated heterocycles. The van der Waals surface area contributed by atoms with Crippen molar-refractivity contribution in [2.45, 2.75) is 18.9 Å². The van der Waals surface area contributed by atoms with Crippen LogP contribution in [0.2, 0.25) is 0 Å². The molecule has 1 aliphatic carbocycles. The Morgan fingerprint density at radius 3 is 2.62 bits per heavy atom. The van der Waals surface area contributed by atoms with Gasteiger partial charge in [-0.2, -0.15) is 4.98 Å². The second-order valence-corrected chi connectivity index (χ2v) is 5.60. The van der Waals surface area contributed by atoms with Crippen LogP contribution in [-0.2, 0) is 12.8 Å². The summed E-state index contributed by atoms with van der Waals surface area (Å²) < 4.78 is 8.04. The third-order valence-corrected chi connectivity index (χ3v) is 4.36. The maximum absolute atomic E-state index is 5.49. The van der Waals surface area contributed by atoms with Crippen molar-refractivity contribution in [3.8, 4) is 5.88 Å². The standard InChI is InChI=1S/C15H14N4OS/c1-20-14-12-13(16-8-17-14)19(15(21)18-12)11-6-9-4-2-3-5-10(9)7-11/h2-5,8,11H,6-7H2,1H3,(H,18,21). The molecule has 0 unspecified atom stereocenters. The van der Waals surface area contributed by atoms with Crippen molar-refractivity contribution >= 4 is 23.4 Å². The van der Waals surface area contributed by atoms with E-state index in [1.54, 1.807) is 7.11 Å². The molecule has 0 fully saturated rings. The van der Waals surface area contributed by atoms with E-state index in [0.717, 1.165) is 24.0 Å². The Kier molecular flexibility index (Phi) is 2.78. The summed E-state index contributed by atoms with van der Waals surface area (Å²) >= 11 is 5.49. The molecule has 0 spiro atoms. The van der Waals surface area contributed by atoms with Gasteiger partial charge in [0, 0.05) is 6.04 Å². The maximum Gasteiger partial charge on any atom is 0.242 e. The van der Waals surface area contributed by atoms with E-state index in [4.69, 9.17) is 17.0 Å². The number of ether oxygens (including phenoxy) is 1. The van der Waals surface area contributed by atoms with Crippen LogP contribution in [0.25, 0.3) is 11.2 Å². The molecule has 6 heteroatoms. The van der Waals surface area contributed by atoms with Crippen molar-refractivity contribution in [2.24, 2.45) is 0 Å². The van der Waals surface area contributed by atoms with Gasteiger partial charge in [-0.15, -0.1) is 0 Å². The van der Waals surface area contributed by atoms with Crippen molar-refractivity contribution < 1.29 is 4.74 Å². The zero-order valence-corrected chi connectivity index (χ0v) is 12.4. The van der Waals surface area contributed by atoms with E-state index in [1.165, 1.54) is 17.5 Å². The fourth-order valence-corrected chi connectivity index (χ4v) is 3.47. The lowest BCUT2D eigenvalue weighted by Gasteiger charge is -2.11. The van der Waals surface area contributed by atoms with Gasteiger partial charge in [0.05, 0.1) is 7.11 Å². The first-order valence-corrected chi connectivity index (χ1v) is 7.24. The molecule has 0 atom stereocenters. The topological polar surface area (TPSA) is 55.7 Å². The SMILES string of the molecule is COc1ncnc2c1[nH]c(=S)n2C1Cc2ccccc2C1. The van der Waals surface area contributed by atoms with Gasteiger partial charge in [-0.25, -0.2) is 4.98 Å². The number of H-pyrrole nitrogens is 1. The van der Waals surface area contributed by atoms with E-state index in [1.807, 2.05) is 0 Å². The number of nitrogens with one attached hydrogen (secondary N) is 1. The van der Waals surface area contributed by atoms with E-state index in [9.17, 15) is 0 Å². The van der Waals surface area contributed by atoms with Crippen molar-refractivity contribution in [1.82, 2.24) is 19.5 Å². The number of nitrogens with zero attached hydrogens (tertiary/aromatic N) is 3. The van der Waals surface area contributed by atoms with E-state index in [-0.39, 0.29) is 0 Å². The number of imidazole rings is 1. The minimum Gasteiger partial charge on any atom is -0.479 e. The summed E-state index contributed by atoms with van der Waals surface area (Å²) in [4.78, 5) is 11.7. The van der Waals surface area contributed by atoms with Crippen LogP contribution in [0, 0.1) is 4.77 Å². The summed E-state index contributed by atoms with van der Waals surface area (Å²) in [6.45, 7) is 0. The Labute approximate surface area is 126 Å². The van der Waals surface area contributed by atoms with Crippen LogP contribution in [-0.4, -0.2) is 26.6 Å². The fourth-order valence-electron chi connectivity index (χ4n) is 3.13. The Morgan fingerprint density at radius 2 is 1.95 bits per heavy atom. The molecule has 1 aliphatic rings. The number of methoxy groups -OCH3 is 1. The summed E-state index contributed by atoms with van der Waals surface area (Å²) in [5.74, 6) is 0.528. The number of aromatic nitrogens is 4. The molecule has 2 heterocycles. The molecule has 4 rings (SSSR count). The average Bonchev–Trinajstić information content (AvgIpc) is 3.05. The highest BCUT2D eigenvalue weighted by Gasteiger charge is 2.25. The van der Waals surface area contributed by atoms with Crippen LogP contribution in [0.15, 0.2) is 30.6 Å². The lowest BCUT2D eigenvalue weighted by atomic mass is 10.1. The number of fused-ring (bicyclic) bond motifs is 2. The van der Waals surface area contributed by atoms with E-state index in [0.29, 0.717) is 16.7 Å². The van der Waals surface area contributed by atoms with Gasteiger partial charge in [0.2, 0.25) is 5.88 Å². The number of hydrogen-bond acceptors (Lipinski definition) is 4. The predicted octanol–water partition coefficient (Wildman–Crippen LogP) is 2.84. The summed E-state index contributed by atoms with van der Waals surface area (Å²) in [5, 5.41) is 0. The maximum atomic E-state index is 5.49. The van der Waals surface area contributed by atoms with Crippen molar-refractivity contribution in [3.63, 3.8) is 0 Å². The Morgan fingerprint density at radius 1 is 1.24 bits per heavy atom. The molecular formula is C15H14N4OS. The monoisotopic (exact) mass is 298 g/mol. The van der Waals surface area contributed by atoms with Crippen LogP contribution in [0.1, 0.15) is 17.2 Å². The second-order valence-electron chi connectivity index (χ2n) is 5.21. The highest BCUT2D eigenvalue weighted by atomic mass is 32.1. The van der Waals surface area contributed by atoms with Gasteiger partial charge in [0.25, 0.3) is 0 Å². The quantitative estimate of drug-likeness (QED) is 0.739. The number of hydrogen-bond donors (Lipinski definition) is 1. The molecule has 1 N–H and O–H groups in total. The molecule has 0 bridgehead atoms. The Hall–Kier alpha value is -2.21. The number of rotatable bonds is 2. The van der Waals surface area contributed by atoms with Gasteiger partial charge >= 0.3 is 0 Å². The third-order valence-electron chi connectivity index (χ3n) is 4.06. The molecule has 2 aromatic heterocycles. The Bertz CT molecular complexity index is 858. The molecule has 3 aromatic rings. The summed E-state index contributed by atoms with van der Waals surface area (Å²) in [7, 11) is 1.60. The molecular weight excluding hydrogens is 284 g/mol. The highest BCUT2D eigenvalue weighted by Crippen LogP contribution is 2.33. The van der Waals surface area contributed by atoms with Gasteiger partial charge in [-0.3, -0.25) is 4.57 Å². The highest BCUT2D eigenvalue weighted by molar-refractivity contribution is 7.71. The lowest BCUT2D eigenvalue weighted by molar-refractivity contribution is 0.401. The summed E-state index contributed by atoms with van der Waals surface area (Å²) in [5.41, 5.74) is 4.35. The molecule has 106 valence electrons. The molecule has 21 heavy (non-hydrogen) atoms. The first-order valence-electron chi connectivity index (χ1n) is 6.84. The molecule has 0 amide bonds. The smallest absolute Gasteiger partial charge is 0.242 e. The summed E-state index contributed by atoms with van der Waals surface area (Å²) in [6, 6.07) is 8.83. The van der Waals surface area contributed by atoms with Crippen molar-refractivity contribution in [1.29, 1.82) is 0 Å². The van der Waals surface area contributed by atoms with Crippen molar-refractivity contribution in [3.05, 3.63) is 46.5 Å². The third kappa shape index (κ3) is 1.86. The van der Waals surface area contributed by atoms with E-state index in [2.05, 4.69) is 43.8 Å². The molecule has 5 nitrogen and oxygen atoms in total. The van der Waals surface area contributed by atoms with E-state index < -0.39 is 0 Å². The van der Waals surface area contributed by atoms with Gasteiger partial charge in [-0.1, -0.05) is 24.3 Å². The summed E-state index contributed by atoms with van der Waals surface area (Å²) in [6.07, 6.45) is 3.47. The second kappa shape index (κ2) is 4.66. The zero-order chi connectivity index (χ0) is 14.4. The molecule has 1 aromatic carbocycles. The van der Waals surface area contributed by atoms with Gasteiger partial charge in [-0.05, 0) is 36.2 Å². The number of benzene rings is 1. The van der Waals surface area contributed by atoms with Gasteiger partial charge < -0.3 is 9.72 Å². The molecule has 0 radical (unpaired) electrons. The van der Waals surface area contributed by atoms with Gasteiger partial charge in [0.15, 0.2) is 10.4 Å². The minimum absolute atomic E-state index is 0.295. The van der Waals surface area contributed by atoms with Gasteiger partial charge in [0.1, 0.15) is 11.8 Å². The molecule has 0 saturated carbocycles. The zero-order valence-electron chi connectivity index (χ0n) is 11.5. The van der Waals surface area contributed by atoms with Crippen LogP contribution >= 0.6 is 12.2 Å². The number of aromatic amines is 1. The minimum atomic E-state index is 0.295. The first kappa shape index (κ1) is 12.5. The predicted molar refractivity (Wildman–Crippen MR) is 82.2 cm³/mol. The van der Waals surface area contributed by atoms with Crippen LogP contribution in [0.4, 0.5) is 0 Å². The van der Waals surface area contributed by atoms with Crippen LogP contribution < -0.4 is 4.74 Å².